The van der Waals surface area contributed by atoms with Crippen LogP contribution in [0.4, 0.5) is 0 Å². The molecule has 0 aromatic heterocycles. The highest BCUT2D eigenvalue weighted by Gasteiger charge is 2.82. The Morgan fingerprint density at radius 2 is 1.62 bits per heavy atom. The molecule has 32 heavy (non-hydrogen) atoms. The molecule has 9 atom stereocenters. The van der Waals surface area contributed by atoms with Crippen LogP contribution in [0.25, 0.3) is 0 Å². The van der Waals surface area contributed by atoms with Gasteiger partial charge in [0.2, 0.25) is 0 Å². The van der Waals surface area contributed by atoms with Gasteiger partial charge in [-0.2, -0.15) is 0 Å². The molecule has 0 amide bonds. The second-order valence-corrected chi connectivity index (χ2v) is 14.4. The normalized spacial score (nSPS) is 55.4. The molecule has 0 unspecified atom stereocenters. The van der Waals surface area contributed by atoms with Gasteiger partial charge < -0.3 is 4.74 Å². The van der Waals surface area contributed by atoms with Crippen LogP contribution in [0.3, 0.4) is 0 Å². The van der Waals surface area contributed by atoms with Gasteiger partial charge in [0.25, 0.3) is 0 Å². The molecular weight excluding hydrogens is 392 g/mol. The number of carbonyl (C=O) groups excluding carboxylic acids is 1. The Bertz CT molecular complexity index is 866. The van der Waals surface area contributed by atoms with Gasteiger partial charge in [-0.3, -0.25) is 4.79 Å². The molecule has 6 rings (SSSR count). The topological polar surface area (TPSA) is 26.3 Å². The molecule has 2 nitrogen and oxygen atoms in total. The van der Waals surface area contributed by atoms with Crippen molar-refractivity contribution in [1.82, 2.24) is 0 Å². The Morgan fingerprint density at radius 3 is 2.38 bits per heavy atom. The maximum absolute atomic E-state index is 12.9. The summed E-state index contributed by atoms with van der Waals surface area (Å²) in [6.45, 7) is 15.4. The van der Waals surface area contributed by atoms with E-state index < -0.39 is 0 Å². The van der Waals surface area contributed by atoms with Crippen LogP contribution in [0.5, 0.6) is 0 Å². The first-order valence-corrected chi connectivity index (χ1v) is 13.8. The van der Waals surface area contributed by atoms with Gasteiger partial charge in [-0.05, 0) is 117 Å². The summed E-state index contributed by atoms with van der Waals surface area (Å²) in [5, 5.41) is 0. The highest BCUT2D eigenvalue weighted by molar-refractivity contribution is 5.86. The largest absolute Gasteiger partial charge is 0.374 e. The first-order chi connectivity index (χ1) is 15.0. The highest BCUT2D eigenvalue weighted by atomic mass is 16.5. The van der Waals surface area contributed by atoms with E-state index in [9.17, 15) is 4.79 Å². The molecule has 5 aliphatic carbocycles. The van der Waals surface area contributed by atoms with Crippen molar-refractivity contribution in [3.05, 3.63) is 11.6 Å². The Kier molecular flexibility index (Phi) is 4.46. The summed E-state index contributed by atoms with van der Waals surface area (Å²) in [6.07, 6.45) is 15.8. The van der Waals surface area contributed by atoms with Gasteiger partial charge in [0.15, 0.2) is 0 Å². The van der Waals surface area contributed by atoms with Crippen molar-refractivity contribution in [3.8, 4) is 0 Å². The molecule has 1 heterocycles. The third kappa shape index (κ3) is 2.44. The first kappa shape index (κ1) is 21.9. The van der Waals surface area contributed by atoms with E-state index in [1.807, 2.05) is 0 Å². The highest BCUT2D eigenvalue weighted by Crippen LogP contribution is 2.88. The molecule has 1 saturated heterocycles. The number of rotatable bonds is 2. The van der Waals surface area contributed by atoms with E-state index in [-0.39, 0.29) is 5.41 Å². The molecule has 6 fully saturated rings. The lowest BCUT2D eigenvalue weighted by atomic mass is 9.42. The van der Waals surface area contributed by atoms with E-state index in [0.29, 0.717) is 39.5 Å². The molecular formula is C30H46O2. The number of allylic oxidation sites excluding steroid dienone is 1. The summed E-state index contributed by atoms with van der Waals surface area (Å²) in [5.74, 6) is 3.65. The Balaban J connectivity index is 1.29. The summed E-state index contributed by atoms with van der Waals surface area (Å²) in [4.78, 5) is 12.9. The SMILES string of the molecule is CC(C)=C[C@@H]1C[C@H]([C@H]2CC[C@@]3(C)[C@@H]4CC[C@H]5C(C)(C)C(=O)CC[C@@]56C[C@@]46CC[C@]23C)CO1. The molecule has 2 spiro atoms. The average molecular weight is 439 g/mol. The second kappa shape index (κ2) is 6.52. The van der Waals surface area contributed by atoms with Crippen molar-refractivity contribution >= 4 is 5.78 Å². The van der Waals surface area contributed by atoms with E-state index >= 15 is 0 Å². The standard InChI is InChI=1S/C30H46O2/c1-19(2)15-21-16-20(17-32-21)22-9-11-28(6)24-8-7-23-26(3,4)25(31)10-12-29(23)18-30(24,29)14-13-27(22,28)5/h15,20-24H,7-14,16-18H2,1-6H3/t20-,21+,22+,23-,24-,27+,28-,29+,30-/m0/s1. The zero-order valence-corrected chi connectivity index (χ0v) is 21.6. The summed E-state index contributed by atoms with van der Waals surface area (Å²) in [5.41, 5.74) is 3.31. The maximum Gasteiger partial charge on any atom is 0.138 e. The van der Waals surface area contributed by atoms with Crippen molar-refractivity contribution in [3.63, 3.8) is 0 Å². The van der Waals surface area contributed by atoms with Crippen LogP contribution < -0.4 is 0 Å². The minimum absolute atomic E-state index is 0.0896. The quantitative estimate of drug-likeness (QED) is 0.421. The van der Waals surface area contributed by atoms with Crippen molar-refractivity contribution in [2.24, 2.45) is 50.7 Å². The van der Waals surface area contributed by atoms with Crippen LogP contribution in [0.2, 0.25) is 0 Å². The van der Waals surface area contributed by atoms with Gasteiger partial charge in [-0.15, -0.1) is 0 Å². The number of fused-ring (bicyclic) bond motifs is 2. The third-order valence-electron chi connectivity index (χ3n) is 13.1. The molecule has 0 aromatic rings. The molecule has 6 aliphatic rings. The summed E-state index contributed by atoms with van der Waals surface area (Å²) >= 11 is 0. The van der Waals surface area contributed by atoms with E-state index in [4.69, 9.17) is 4.74 Å². The van der Waals surface area contributed by atoms with Gasteiger partial charge >= 0.3 is 0 Å². The van der Waals surface area contributed by atoms with Crippen molar-refractivity contribution < 1.29 is 9.53 Å². The lowest BCUT2D eigenvalue weighted by molar-refractivity contribution is -0.157. The zero-order chi connectivity index (χ0) is 22.7. The van der Waals surface area contributed by atoms with Crippen LogP contribution in [-0.2, 0) is 9.53 Å². The van der Waals surface area contributed by atoms with Gasteiger partial charge in [0, 0.05) is 11.8 Å². The number of carbonyl (C=O) groups is 1. The van der Waals surface area contributed by atoms with Crippen LogP contribution in [0.15, 0.2) is 11.6 Å². The van der Waals surface area contributed by atoms with E-state index in [0.717, 1.165) is 30.8 Å². The zero-order valence-electron chi connectivity index (χ0n) is 21.6. The van der Waals surface area contributed by atoms with Crippen molar-refractivity contribution in [1.29, 1.82) is 0 Å². The van der Waals surface area contributed by atoms with Crippen molar-refractivity contribution in [2.75, 3.05) is 6.61 Å². The lowest BCUT2D eigenvalue weighted by Gasteiger charge is -2.62. The van der Waals surface area contributed by atoms with E-state index in [2.05, 4.69) is 47.6 Å². The fourth-order valence-electron chi connectivity index (χ4n) is 11.4. The molecule has 1 aliphatic heterocycles. The number of ether oxygens (including phenoxy) is 1. The number of ketones is 1. The minimum Gasteiger partial charge on any atom is -0.374 e. The van der Waals surface area contributed by atoms with Gasteiger partial charge in [0.1, 0.15) is 5.78 Å². The third-order valence-corrected chi connectivity index (χ3v) is 13.1. The number of hydrogen-bond donors (Lipinski definition) is 0. The van der Waals surface area contributed by atoms with E-state index in [1.165, 1.54) is 63.4 Å². The molecule has 178 valence electrons. The average Bonchev–Trinajstić information content (AvgIpc) is 3.02. The van der Waals surface area contributed by atoms with Crippen LogP contribution in [-0.4, -0.2) is 18.5 Å². The molecule has 0 N–H and O–H groups in total. The lowest BCUT2D eigenvalue weighted by Crippen LogP contribution is -2.57. The van der Waals surface area contributed by atoms with Gasteiger partial charge in [0.05, 0.1) is 12.7 Å². The smallest absolute Gasteiger partial charge is 0.138 e. The Morgan fingerprint density at radius 1 is 0.906 bits per heavy atom. The fourth-order valence-corrected chi connectivity index (χ4v) is 11.4. The maximum atomic E-state index is 12.9. The predicted octanol–water partition coefficient (Wildman–Crippen LogP) is 7.37. The van der Waals surface area contributed by atoms with Crippen LogP contribution in [0, 0.1) is 50.7 Å². The number of hydrogen-bond acceptors (Lipinski definition) is 2. The summed E-state index contributed by atoms with van der Waals surface area (Å²) in [7, 11) is 0. The van der Waals surface area contributed by atoms with Crippen LogP contribution in [0.1, 0.15) is 106 Å². The molecule has 0 radical (unpaired) electrons. The second-order valence-electron chi connectivity index (χ2n) is 14.4. The van der Waals surface area contributed by atoms with Gasteiger partial charge in [-0.25, -0.2) is 0 Å². The molecule has 5 saturated carbocycles. The predicted molar refractivity (Wildman–Crippen MR) is 129 cm³/mol. The monoisotopic (exact) mass is 438 g/mol. The molecule has 0 bridgehead atoms. The van der Waals surface area contributed by atoms with E-state index in [1.54, 1.807) is 0 Å². The Labute approximate surface area is 196 Å². The summed E-state index contributed by atoms with van der Waals surface area (Å²) < 4.78 is 6.28. The Hall–Kier alpha value is -0.630. The molecule has 0 aromatic carbocycles. The number of Topliss-reactive ketones (excluding diaryl/α,β-unsaturated/α-hetero) is 1. The van der Waals surface area contributed by atoms with Gasteiger partial charge in [-0.1, -0.05) is 39.3 Å². The molecule has 2 heteroatoms. The first-order valence-electron chi connectivity index (χ1n) is 13.8. The summed E-state index contributed by atoms with van der Waals surface area (Å²) in [6, 6.07) is 0. The van der Waals surface area contributed by atoms with Crippen molar-refractivity contribution in [2.45, 2.75) is 112 Å². The fraction of sp³-hybridized carbons (Fsp3) is 0.900. The minimum atomic E-state index is -0.0896. The van der Waals surface area contributed by atoms with Crippen LogP contribution >= 0.6 is 0 Å².